The maximum absolute atomic E-state index is 12.7. The van der Waals surface area contributed by atoms with Gasteiger partial charge in [0.15, 0.2) is 0 Å². The van der Waals surface area contributed by atoms with Gasteiger partial charge in [-0.1, -0.05) is 47.5 Å². The van der Waals surface area contributed by atoms with Gasteiger partial charge in [0, 0.05) is 17.4 Å². The summed E-state index contributed by atoms with van der Waals surface area (Å²) in [6, 6.07) is 13.1. The zero-order valence-electron chi connectivity index (χ0n) is 13.3. The molecule has 1 aromatic heterocycles. The van der Waals surface area contributed by atoms with Gasteiger partial charge in [0.2, 0.25) is 9.84 Å². The number of aromatic nitrogens is 1. The molecule has 26 heavy (non-hydrogen) atoms. The van der Waals surface area contributed by atoms with Crippen LogP contribution in [0.2, 0.25) is 10.0 Å². The number of carbonyl (C=O) groups is 1. The van der Waals surface area contributed by atoms with E-state index in [0.29, 0.717) is 10.6 Å². The number of carbonyl (C=O) groups excluding carboxylic acids is 1. The van der Waals surface area contributed by atoms with Gasteiger partial charge in [-0.05, 0) is 35.9 Å². The van der Waals surface area contributed by atoms with E-state index in [0.717, 1.165) is 4.57 Å². The third-order valence-electron chi connectivity index (χ3n) is 3.85. The van der Waals surface area contributed by atoms with Crippen molar-refractivity contribution in [2.24, 2.45) is 5.73 Å². The first-order valence-corrected chi connectivity index (χ1v) is 9.77. The fourth-order valence-corrected chi connectivity index (χ4v) is 4.33. The van der Waals surface area contributed by atoms with E-state index in [9.17, 15) is 13.2 Å². The quantitative estimate of drug-likeness (QED) is 0.707. The van der Waals surface area contributed by atoms with E-state index in [4.69, 9.17) is 28.9 Å². The maximum Gasteiger partial charge on any atom is 0.252 e. The Balaban J connectivity index is 1.91. The molecule has 0 saturated heterocycles. The lowest BCUT2D eigenvalue weighted by Gasteiger charge is -2.11. The molecule has 0 aliphatic carbocycles. The van der Waals surface area contributed by atoms with E-state index < -0.39 is 21.8 Å². The number of benzene rings is 2. The van der Waals surface area contributed by atoms with Gasteiger partial charge in [0.1, 0.15) is 6.04 Å². The summed E-state index contributed by atoms with van der Waals surface area (Å²) in [4.78, 5) is 12.5. The molecule has 134 valence electrons. The largest absolute Gasteiger partial charge is 0.316 e. The molecule has 3 aromatic rings. The molecule has 0 radical (unpaired) electrons. The van der Waals surface area contributed by atoms with Gasteiger partial charge in [0.05, 0.1) is 14.8 Å². The minimum absolute atomic E-state index is 0.0196. The average Bonchev–Trinajstić information content (AvgIpc) is 3.12. The van der Waals surface area contributed by atoms with E-state index >= 15 is 0 Å². The third-order valence-corrected chi connectivity index (χ3v) is 6.34. The molecule has 0 saturated carbocycles. The van der Waals surface area contributed by atoms with Crippen molar-refractivity contribution >= 4 is 38.9 Å². The SMILES string of the molecule is N[C@@H](C(=O)n1ccc(S(=O)(=O)c2ccccc2Cl)c1)c1ccc(Cl)cc1. The van der Waals surface area contributed by atoms with E-state index in [1.54, 1.807) is 36.4 Å². The van der Waals surface area contributed by atoms with Crippen LogP contribution in [0, 0.1) is 0 Å². The topological polar surface area (TPSA) is 82.2 Å². The summed E-state index contributed by atoms with van der Waals surface area (Å²) < 4.78 is 26.6. The van der Waals surface area contributed by atoms with Gasteiger partial charge in [-0.3, -0.25) is 9.36 Å². The molecule has 3 rings (SSSR count). The van der Waals surface area contributed by atoms with Gasteiger partial charge in [-0.2, -0.15) is 0 Å². The number of nitrogens with zero attached hydrogens (tertiary/aromatic N) is 1. The smallest absolute Gasteiger partial charge is 0.252 e. The summed E-state index contributed by atoms with van der Waals surface area (Å²) >= 11 is 11.8. The number of hydrogen-bond donors (Lipinski definition) is 1. The van der Waals surface area contributed by atoms with E-state index in [2.05, 4.69) is 0 Å². The van der Waals surface area contributed by atoms with E-state index in [1.165, 1.54) is 30.6 Å². The van der Waals surface area contributed by atoms with Crippen LogP contribution >= 0.6 is 23.2 Å². The zero-order chi connectivity index (χ0) is 18.9. The molecule has 1 atom stereocenters. The Kier molecular flexibility index (Phi) is 5.20. The lowest BCUT2D eigenvalue weighted by Crippen LogP contribution is -2.26. The third kappa shape index (κ3) is 3.54. The minimum atomic E-state index is -3.84. The molecule has 0 fully saturated rings. The molecule has 1 heterocycles. The first-order chi connectivity index (χ1) is 12.3. The van der Waals surface area contributed by atoms with Gasteiger partial charge < -0.3 is 5.73 Å². The zero-order valence-corrected chi connectivity index (χ0v) is 15.7. The van der Waals surface area contributed by atoms with Crippen LogP contribution in [-0.2, 0) is 9.84 Å². The molecule has 5 nitrogen and oxygen atoms in total. The molecule has 0 spiro atoms. The normalized spacial score (nSPS) is 12.7. The van der Waals surface area contributed by atoms with Crippen molar-refractivity contribution in [1.29, 1.82) is 0 Å². The fraction of sp³-hybridized carbons (Fsp3) is 0.0556. The molecule has 0 unspecified atom stereocenters. The van der Waals surface area contributed by atoms with Crippen molar-refractivity contribution in [2.45, 2.75) is 15.8 Å². The number of nitrogens with two attached hydrogens (primary N) is 1. The Bertz CT molecular complexity index is 1060. The predicted octanol–water partition coefficient (Wildman–Crippen LogP) is 3.97. The van der Waals surface area contributed by atoms with Crippen molar-refractivity contribution in [3.05, 3.63) is 82.6 Å². The standard InChI is InChI=1S/C18H14Cl2N2O3S/c19-13-7-5-12(6-8-13)17(21)18(23)22-10-9-14(11-22)26(24,25)16-4-2-1-3-15(16)20/h1-11,17H,21H2/t17-/m1/s1. The van der Waals surface area contributed by atoms with Crippen molar-refractivity contribution < 1.29 is 13.2 Å². The Morgan fingerprint density at radius 2 is 1.65 bits per heavy atom. The molecular weight excluding hydrogens is 395 g/mol. The van der Waals surface area contributed by atoms with Crippen LogP contribution in [0.3, 0.4) is 0 Å². The first kappa shape index (κ1) is 18.7. The van der Waals surface area contributed by atoms with Crippen molar-refractivity contribution in [3.8, 4) is 0 Å². The molecular formula is C18H14Cl2N2O3S. The molecule has 2 N–H and O–H groups in total. The predicted molar refractivity (Wildman–Crippen MR) is 100 cm³/mol. The summed E-state index contributed by atoms with van der Waals surface area (Å²) in [6.45, 7) is 0. The Hall–Kier alpha value is -2.12. The van der Waals surface area contributed by atoms with Crippen molar-refractivity contribution in [2.75, 3.05) is 0 Å². The molecule has 0 bridgehead atoms. The second-order valence-electron chi connectivity index (χ2n) is 5.56. The van der Waals surface area contributed by atoms with Crippen LogP contribution in [0.15, 0.2) is 76.8 Å². The monoisotopic (exact) mass is 408 g/mol. The summed E-state index contributed by atoms with van der Waals surface area (Å²) in [6.07, 6.45) is 2.60. The molecule has 0 aliphatic rings. The minimum Gasteiger partial charge on any atom is -0.316 e. The van der Waals surface area contributed by atoms with Gasteiger partial charge >= 0.3 is 0 Å². The molecule has 8 heteroatoms. The highest BCUT2D eigenvalue weighted by Gasteiger charge is 2.24. The second kappa shape index (κ2) is 7.25. The van der Waals surface area contributed by atoms with Crippen LogP contribution in [0.4, 0.5) is 0 Å². The summed E-state index contributed by atoms with van der Waals surface area (Å²) in [5, 5.41) is 0.645. The fourth-order valence-electron chi connectivity index (χ4n) is 2.44. The highest BCUT2D eigenvalue weighted by atomic mass is 35.5. The average molecular weight is 409 g/mol. The van der Waals surface area contributed by atoms with Crippen LogP contribution in [0.5, 0.6) is 0 Å². The summed E-state index contributed by atoms with van der Waals surface area (Å²) in [5.74, 6) is -0.465. The van der Waals surface area contributed by atoms with Crippen LogP contribution in [-0.4, -0.2) is 18.9 Å². The first-order valence-electron chi connectivity index (χ1n) is 7.53. The number of halogens is 2. The Morgan fingerprint density at radius 1 is 1.00 bits per heavy atom. The van der Waals surface area contributed by atoms with Crippen LogP contribution in [0.1, 0.15) is 16.4 Å². The molecule has 0 amide bonds. The number of hydrogen-bond acceptors (Lipinski definition) is 4. The number of sulfone groups is 1. The number of rotatable bonds is 4. The summed E-state index contributed by atoms with van der Waals surface area (Å²) in [7, 11) is -3.84. The van der Waals surface area contributed by atoms with Crippen LogP contribution in [0.25, 0.3) is 0 Å². The summed E-state index contributed by atoms with van der Waals surface area (Å²) in [5.41, 5.74) is 6.56. The van der Waals surface area contributed by atoms with Gasteiger partial charge in [-0.15, -0.1) is 0 Å². The Labute approximate surface area is 160 Å². The lowest BCUT2D eigenvalue weighted by atomic mass is 10.1. The van der Waals surface area contributed by atoms with Gasteiger partial charge in [-0.25, -0.2) is 8.42 Å². The van der Waals surface area contributed by atoms with Gasteiger partial charge in [0.25, 0.3) is 5.91 Å². The maximum atomic E-state index is 12.7. The van der Waals surface area contributed by atoms with E-state index in [-0.39, 0.29) is 14.8 Å². The lowest BCUT2D eigenvalue weighted by molar-refractivity contribution is 0.0879. The Morgan fingerprint density at radius 3 is 2.31 bits per heavy atom. The van der Waals surface area contributed by atoms with Crippen molar-refractivity contribution in [3.63, 3.8) is 0 Å². The second-order valence-corrected chi connectivity index (χ2v) is 8.32. The molecule has 0 aliphatic heterocycles. The molecule has 2 aromatic carbocycles. The highest BCUT2D eigenvalue weighted by Crippen LogP contribution is 2.27. The van der Waals surface area contributed by atoms with Crippen molar-refractivity contribution in [1.82, 2.24) is 4.57 Å². The highest BCUT2D eigenvalue weighted by molar-refractivity contribution is 7.91. The van der Waals surface area contributed by atoms with Crippen LogP contribution < -0.4 is 5.73 Å². The van der Waals surface area contributed by atoms with E-state index in [1.807, 2.05) is 0 Å².